The summed E-state index contributed by atoms with van der Waals surface area (Å²) in [6.45, 7) is 1.22. The van der Waals surface area contributed by atoms with Gasteiger partial charge in [0.15, 0.2) is 5.78 Å². The third-order valence-electron chi connectivity index (χ3n) is 4.50. The number of benzene rings is 1. The van der Waals surface area contributed by atoms with Gasteiger partial charge in [-0.1, -0.05) is 17.7 Å². The van der Waals surface area contributed by atoms with Crippen LogP contribution in [0.3, 0.4) is 0 Å². The van der Waals surface area contributed by atoms with E-state index in [1.807, 2.05) is 0 Å². The molecule has 0 atom stereocenters. The normalized spacial score (nSPS) is 10.4. The molecule has 0 bridgehead atoms. The molecule has 9 nitrogen and oxygen atoms in total. The van der Waals surface area contributed by atoms with Crippen molar-refractivity contribution in [2.75, 3.05) is 0 Å². The number of aromatic hydroxyl groups is 1. The predicted octanol–water partition coefficient (Wildman–Crippen LogP) is 2.97. The van der Waals surface area contributed by atoms with Crippen LogP contribution in [-0.4, -0.2) is 25.4 Å². The van der Waals surface area contributed by atoms with Crippen LogP contribution in [0.25, 0.3) is 0 Å². The summed E-state index contributed by atoms with van der Waals surface area (Å²) in [5.41, 5.74) is -1.46. The Bertz CT molecular complexity index is 1280. The van der Waals surface area contributed by atoms with Crippen LogP contribution < -0.4 is 5.56 Å². The van der Waals surface area contributed by atoms with Crippen LogP contribution in [-0.2, 0) is 6.54 Å². The number of hydrogen-bond acceptors (Lipinski definition) is 7. The second-order valence-corrected chi connectivity index (χ2v) is 6.72. The lowest BCUT2D eigenvalue weighted by molar-refractivity contribution is -0.384. The van der Waals surface area contributed by atoms with Gasteiger partial charge in [0.2, 0.25) is 5.88 Å². The van der Waals surface area contributed by atoms with Crippen LogP contribution >= 0.6 is 11.6 Å². The minimum Gasteiger partial charge on any atom is -0.494 e. The van der Waals surface area contributed by atoms with Crippen molar-refractivity contribution >= 4 is 23.1 Å². The Labute approximate surface area is 174 Å². The Morgan fingerprint density at radius 3 is 2.73 bits per heavy atom. The van der Waals surface area contributed by atoms with E-state index in [2.05, 4.69) is 4.98 Å². The van der Waals surface area contributed by atoms with Crippen molar-refractivity contribution in [3.63, 3.8) is 0 Å². The van der Waals surface area contributed by atoms with Crippen LogP contribution in [0.4, 0.5) is 5.69 Å². The van der Waals surface area contributed by atoms with Gasteiger partial charge in [-0.05, 0) is 36.2 Å². The number of nitro benzene ring substituents is 1. The van der Waals surface area contributed by atoms with Gasteiger partial charge in [0.1, 0.15) is 16.7 Å². The molecule has 0 saturated carbocycles. The van der Waals surface area contributed by atoms with E-state index in [1.54, 1.807) is 18.2 Å². The van der Waals surface area contributed by atoms with Crippen LogP contribution in [0, 0.1) is 28.4 Å². The minimum absolute atomic E-state index is 0.0231. The molecule has 3 rings (SSSR count). The van der Waals surface area contributed by atoms with Gasteiger partial charge in [0.25, 0.3) is 11.2 Å². The number of aromatic nitrogens is 2. The fraction of sp³-hybridized carbons (Fsp3) is 0.100. The summed E-state index contributed by atoms with van der Waals surface area (Å²) in [6, 6.07) is 8.49. The summed E-state index contributed by atoms with van der Waals surface area (Å²) < 4.78 is 0.889. The molecule has 0 unspecified atom stereocenters. The van der Waals surface area contributed by atoms with E-state index in [4.69, 9.17) is 11.6 Å². The summed E-state index contributed by atoms with van der Waals surface area (Å²) in [6.07, 6.45) is 3.01. The molecule has 0 aliphatic heterocycles. The first kappa shape index (κ1) is 20.7. The summed E-state index contributed by atoms with van der Waals surface area (Å²) in [4.78, 5) is 40.1. The lowest BCUT2D eigenvalue weighted by atomic mass is 9.97. The van der Waals surface area contributed by atoms with E-state index in [9.17, 15) is 30.1 Å². The highest BCUT2D eigenvalue weighted by molar-refractivity contribution is 6.32. The molecule has 10 heteroatoms. The number of carbonyl (C=O) groups is 1. The van der Waals surface area contributed by atoms with E-state index in [1.165, 1.54) is 31.5 Å². The van der Waals surface area contributed by atoms with Crippen molar-refractivity contribution in [3.8, 4) is 11.9 Å². The number of rotatable bonds is 5. The third kappa shape index (κ3) is 3.64. The quantitative estimate of drug-likeness (QED) is 0.377. The topological polar surface area (TPSA) is 139 Å². The maximum atomic E-state index is 13.1. The Kier molecular flexibility index (Phi) is 5.62. The molecule has 0 fully saturated rings. The molecule has 0 spiro atoms. The highest BCUT2D eigenvalue weighted by atomic mass is 35.5. The molecule has 3 aromatic rings. The van der Waals surface area contributed by atoms with Gasteiger partial charge in [0, 0.05) is 24.0 Å². The lowest BCUT2D eigenvalue weighted by Crippen LogP contribution is -2.27. The van der Waals surface area contributed by atoms with E-state index >= 15 is 0 Å². The highest BCUT2D eigenvalue weighted by Crippen LogP contribution is 2.29. The van der Waals surface area contributed by atoms with Crippen LogP contribution in [0.15, 0.2) is 47.5 Å². The van der Waals surface area contributed by atoms with Gasteiger partial charge < -0.3 is 5.11 Å². The van der Waals surface area contributed by atoms with Gasteiger partial charge >= 0.3 is 0 Å². The minimum atomic E-state index is -0.791. The second-order valence-electron chi connectivity index (χ2n) is 6.32. The van der Waals surface area contributed by atoms with Gasteiger partial charge in [-0.2, -0.15) is 5.26 Å². The molecular weight excluding hydrogens is 412 g/mol. The largest absolute Gasteiger partial charge is 0.494 e. The summed E-state index contributed by atoms with van der Waals surface area (Å²) in [5.74, 6) is -1.44. The van der Waals surface area contributed by atoms with Gasteiger partial charge in [-0.3, -0.25) is 29.3 Å². The molecule has 0 aliphatic rings. The smallest absolute Gasteiger partial charge is 0.288 e. The number of halogens is 1. The number of carbonyl (C=O) groups excluding carboxylic acids is 1. The van der Waals surface area contributed by atoms with Crippen molar-refractivity contribution in [2.24, 2.45) is 0 Å². The molecular formula is C20H13ClN4O5. The van der Waals surface area contributed by atoms with E-state index in [0.29, 0.717) is 5.56 Å². The third-order valence-corrected chi connectivity index (χ3v) is 4.82. The second kappa shape index (κ2) is 8.14. The van der Waals surface area contributed by atoms with Crippen LogP contribution in [0.1, 0.15) is 32.6 Å². The fourth-order valence-corrected chi connectivity index (χ4v) is 3.17. The molecule has 2 heterocycles. The first-order valence-electron chi connectivity index (χ1n) is 8.50. The average molecular weight is 425 g/mol. The Hall–Kier alpha value is -4.03. The van der Waals surface area contributed by atoms with E-state index < -0.39 is 27.8 Å². The molecule has 0 radical (unpaired) electrons. The van der Waals surface area contributed by atoms with Crippen molar-refractivity contribution in [3.05, 3.63) is 96.0 Å². The molecule has 1 N–H and O–H groups in total. The summed E-state index contributed by atoms with van der Waals surface area (Å²) in [7, 11) is 0. The number of ketones is 1. The number of hydrogen-bond donors (Lipinski definition) is 1. The highest BCUT2D eigenvalue weighted by Gasteiger charge is 2.26. The van der Waals surface area contributed by atoms with Crippen molar-refractivity contribution in [1.29, 1.82) is 5.26 Å². The fourth-order valence-electron chi connectivity index (χ4n) is 2.98. The maximum Gasteiger partial charge on any atom is 0.288 e. The van der Waals surface area contributed by atoms with Gasteiger partial charge in [-0.15, -0.1) is 0 Å². The van der Waals surface area contributed by atoms with Gasteiger partial charge in [-0.25, -0.2) is 0 Å². The number of nitrogens with zero attached hydrogens (tertiary/aromatic N) is 4. The number of pyridine rings is 2. The van der Waals surface area contributed by atoms with Gasteiger partial charge in [0.05, 0.1) is 17.0 Å². The number of nitriles is 1. The Morgan fingerprint density at radius 2 is 2.13 bits per heavy atom. The SMILES string of the molecule is Cc1c(C(=O)c2ccc(Cl)c([N+](=O)[O-])c2)c(O)n(Cc2cccnc2)c(=O)c1C#N. The molecule has 0 amide bonds. The molecule has 0 aliphatic carbocycles. The number of nitro groups is 1. The lowest BCUT2D eigenvalue weighted by Gasteiger charge is -2.15. The maximum absolute atomic E-state index is 13.1. The standard InChI is InChI=1S/C20H13ClN4O5/c1-11-14(8-22)19(27)24(10-12-3-2-6-23-9-12)20(28)17(11)18(26)13-4-5-15(21)16(7-13)25(29)30/h2-7,9,28H,10H2,1H3. The monoisotopic (exact) mass is 424 g/mol. The van der Waals surface area contributed by atoms with Crippen molar-refractivity contribution in [1.82, 2.24) is 9.55 Å². The van der Waals surface area contributed by atoms with Crippen LogP contribution in [0.2, 0.25) is 5.02 Å². The first-order valence-corrected chi connectivity index (χ1v) is 8.88. The van der Waals surface area contributed by atoms with E-state index in [0.717, 1.165) is 10.6 Å². The van der Waals surface area contributed by atoms with Crippen LogP contribution in [0.5, 0.6) is 5.88 Å². The zero-order chi connectivity index (χ0) is 22.0. The molecule has 1 aromatic carbocycles. The Balaban J connectivity index is 2.22. The summed E-state index contributed by atoms with van der Waals surface area (Å²) in [5, 5.41) is 31.2. The average Bonchev–Trinajstić information content (AvgIpc) is 2.72. The predicted molar refractivity (Wildman–Crippen MR) is 107 cm³/mol. The first-order chi connectivity index (χ1) is 14.3. The zero-order valence-corrected chi connectivity index (χ0v) is 16.3. The van der Waals surface area contributed by atoms with Crippen molar-refractivity contribution < 1.29 is 14.8 Å². The molecule has 30 heavy (non-hydrogen) atoms. The molecule has 150 valence electrons. The summed E-state index contributed by atoms with van der Waals surface area (Å²) >= 11 is 5.79. The molecule has 2 aromatic heterocycles. The van der Waals surface area contributed by atoms with Crippen molar-refractivity contribution in [2.45, 2.75) is 13.5 Å². The Morgan fingerprint density at radius 1 is 1.40 bits per heavy atom. The molecule has 0 saturated heterocycles. The van der Waals surface area contributed by atoms with E-state index in [-0.39, 0.29) is 33.8 Å². The zero-order valence-electron chi connectivity index (χ0n) is 15.5.